The van der Waals surface area contributed by atoms with Gasteiger partial charge in [-0.15, -0.1) is 10.1 Å². The van der Waals surface area contributed by atoms with Crippen LogP contribution >= 0.6 is 0 Å². The molecule has 0 unspecified atom stereocenters. The summed E-state index contributed by atoms with van der Waals surface area (Å²) in [7, 11) is 0. The van der Waals surface area contributed by atoms with E-state index in [0.717, 1.165) is 38.5 Å². The second kappa shape index (κ2) is 12.0. The number of hydrogen-bond donors (Lipinski definition) is 2. The molecule has 2 aliphatic heterocycles. The van der Waals surface area contributed by atoms with E-state index in [1.807, 2.05) is 55.4 Å². The number of carbonyl (C=O) groups excluding carboxylic acids is 2. The molecule has 0 aromatic carbocycles. The van der Waals surface area contributed by atoms with E-state index in [9.17, 15) is 20.0 Å². The Hall–Kier alpha value is -1.30. The fourth-order valence-electron chi connectivity index (χ4n) is 5.50. The first-order chi connectivity index (χ1) is 16.5. The molecule has 36 heavy (non-hydrogen) atoms. The van der Waals surface area contributed by atoms with Crippen LogP contribution in [0.1, 0.15) is 107 Å². The van der Waals surface area contributed by atoms with Crippen molar-refractivity contribution in [1.29, 1.82) is 0 Å². The third-order valence-electron chi connectivity index (χ3n) is 7.02. The first kappa shape index (κ1) is 30.9. The van der Waals surface area contributed by atoms with Crippen LogP contribution < -0.4 is 0 Å². The highest BCUT2D eigenvalue weighted by Crippen LogP contribution is 2.31. The van der Waals surface area contributed by atoms with Crippen molar-refractivity contribution >= 4 is 11.9 Å². The molecule has 210 valence electrons. The molecular formula is C26H50N4O6. The minimum atomic E-state index is -0.504. The zero-order valence-corrected chi connectivity index (χ0v) is 23.8. The Morgan fingerprint density at radius 2 is 0.806 bits per heavy atom. The summed E-state index contributed by atoms with van der Waals surface area (Å²) in [6, 6.07) is 0. The van der Waals surface area contributed by atoms with Gasteiger partial charge in [-0.1, -0.05) is 25.7 Å². The van der Waals surface area contributed by atoms with Crippen molar-refractivity contribution in [3.63, 3.8) is 0 Å². The molecule has 2 heterocycles. The van der Waals surface area contributed by atoms with Crippen LogP contribution in [0.2, 0.25) is 0 Å². The van der Waals surface area contributed by atoms with Gasteiger partial charge in [0, 0.05) is 12.8 Å². The molecule has 2 fully saturated rings. The van der Waals surface area contributed by atoms with Gasteiger partial charge in [-0.3, -0.25) is 9.59 Å². The van der Waals surface area contributed by atoms with Crippen LogP contribution in [0.3, 0.4) is 0 Å². The fraction of sp³-hybridized carbons (Fsp3) is 0.923. The van der Waals surface area contributed by atoms with E-state index in [0.29, 0.717) is 39.0 Å². The fourth-order valence-corrected chi connectivity index (χ4v) is 5.50. The first-order valence-corrected chi connectivity index (χ1v) is 13.4. The summed E-state index contributed by atoms with van der Waals surface area (Å²) in [6.07, 6.45) is 6.19. The molecule has 10 heteroatoms. The molecule has 0 bridgehead atoms. The standard InChI is InChI=1S/C26H50N4O6/c1-23(2)17-27(18-24(3,4)29(23)33)35-21(31)15-13-11-9-10-12-14-16-22(32)36-28-19-25(5,6)30(34)26(7,8)20-28/h33-34H,9-20H2,1-8H3. The van der Waals surface area contributed by atoms with Crippen LogP contribution in [0.5, 0.6) is 0 Å². The highest BCUT2D eigenvalue weighted by atomic mass is 16.7. The molecule has 2 rings (SSSR count). The molecule has 10 nitrogen and oxygen atoms in total. The zero-order chi connectivity index (χ0) is 27.4. The van der Waals surface area contributed by atoms with Crippen molar-refractivity contribution < 1.29 is 29.7 Å². The third kappa shape index (κ3) is 8.63. The summed E-state index contributed by atoms with van der Waals surface area (Å²) in [5.41, 5.74) is -2.02. The Morgan fingerprint density at radius 3 is 1.08 bits per heavy atom. The topological polar surface area (TPSA) is 106 Å². The minimum absolute atomic E-state index is 0.232. The highest BCUT2D eigenvalue weighted by Gasteiger charge is 2.46. The Labute approximate surface area is 217 Å². The molecular weight excluding hydrogens is 464 g/mol. The summed E-state index contributed by atoms with van der Waals surface area (Å²) >= 11 is 0. The van der Waals surface area contributed by atoms with Crippen molar-refractivity contribution in [3.05, 3.63) is 0 Å². The third-order valence-corrected chi connectivity index (χ3v) is 7.02. The molecule has 2 aliphatic rings. The largest absolute Gasteiger partial charge is 0.368 e. The van der Waals surface area contributed by atoms with Crippen LogP contribution in [0.25, 0.3) is 0 Å². The Balaban J connectivity index is 1.54. The van der Waals surface area contributed by atoms with E-state index in [2.05, 4.69) is 0 Å². The lowest BCUT2D eigenvalue weighted by atomic mass is 9.92. The summed E-state index contributed by atoms with van der Waals surface area (Å²) in [5, 5.41) is 26.7. The van der Waals surface area contributed by atoms with Crippen LogP contribution in [-0.2, 0) is 19.3 Å². The number of rotatable bonds is 11. The van der Waals surface area contributed by atoms with E-state index in [4.69, 9.17) is 9.68 Å². The second-order valence-electron chi connectivity index (χ2n) is 13.0. The lowest BCUT2D eigenvalue weighted by Crippen LogP contribution is -2.67. The summed E-state index contributed by atoms with van der Waals surface area (Å²) in [4.78, 5) is 35.7. The van der Waals surface area contributed by atoms with Crippen LogP contribution in [0.4, 0.5) is 0 Å². The molecule has 0 radical (unpaired) electrons. The smallest absolute Gasteiger partial charge is 0.325 e. The Kier molecular flexibility index (Phi) is 10.3. The Morgan fingerprint density at radius 1 is 0.556 bits per heavy atom. The van der Waals surface area contributed by atoms with E-state index < -0.39 is 22.2 Å². The normalized spacial score (nSPS) is 24.4. The van der Waals surface area contributed by atoms with Crippen molar-refractivity contribution in [2.45, 2.75) is 129 Å². The number of hydroxylamine groups is 8. The van der Waals surface area contributed by atoms with E-state index in [1.165, 1.54) is 10.1 Å². The first-order valence-electron chi connectivity index (χ1n) is 13.4. The average Bonchev–Trinajstić information content (AvgIpc) is 2.71. The van der Waals surface area contributed by atoms with Gasteiger partial charge in [0.15, 0.2) is 0 Å². The maximum atomic E-state index is 12.3. The number of carbonyl (C=O) groups is 2. The number of nitrogens with zero attached hydrogens (tertiary/aromatic N) is 4. The van der Waals surface area contributed by atoms with Gasteiger partial charge in [-0.05, 0) is 68.2 Å². The molecule has 0 aromatic rings. The molecule has 0 spiro atoms. The number of piperazine rings is 2. The number of unbranched alkanes of at least 4 members (excludes halogenated alkanes) is 5. The van der Waals surface area contributed by atoms with Crippen LogP contribution in [-0.4, -0.2) is 90.9 Å². The van der Waals surface area contributed by atoms with Gasteiger partial charge in [0.05, 0.1) is 48.3 Å². The summed E-state index contributed by atoms with van der Waals surface area (Å²) in [5.74, 6) is -0.465. The van der Waals surface area contributed by atoms with Crippen molar-refractivity contribution in [3.8, 4) is 0 Å². The predicted octanol–water partition coefficient (Wildman–Crippen LogP) is 4.15. The molecule has 0 aliphatic carbocycles. The van der Waals surface area contributed by atoms with Gasteiger partial charge >= 0.3 is 11.9 Å². The zero-order valence-electron chi connectivity index (χ0n) is 23.8. The van der Waals surface area contributed by atoms with E-state index >= 15 is 0 Å². The average molecular weight is 515 g/mol. The van der Waals surface area contributed by atoms with Crippen molar-refractivity contribution in [1.82, 2.24) is 20.3 Å². The van der Waals surface area contributed by atoms with Gasteiger partial charge < -0.3 is 20.1 Å². The van der Waals surface area contributed by atoms with Crippen LogP contribution in [0, 0.1) is 0 Å². The summed E-state index contributed by atoms with van der Waals surface area (Å²) in [6.45, 7) is 17.2. The van der Waals surface area contributed by atoms with Crippen LogP contribution in [0.15, 0.2) is 0 Å². The summed E-state index contributed by atoms with van der Waals surface area (Å²) < 4.78 is 0. The molecule has 2 saturated heterocycles. The minimum Gasteiger partial charge on any atom is -0.368 e. The lowest BCUT2D eigenvalue weighted by molar-refractivity contribution is -0.299. The molecule has 0 atom stereocenters. The molecule has 0 aromatic heterocycles. The second-order valence-corrected chi connectivity index (χ2v) is 13.0. The van der Waals surface area contributed by atoms with E-state index in [1.54, 1.807) is 10.1 Å². The van der Waals surface area contributed by atoms with Crippen molar-refractivity contribution in [2.24, 2.45) is 0 Å². The quantitative estimate of drug-likeness (QED) is 0.391. The van der Waals surface area contributed by atoms with Crippen molar-refractivity contribution in [2.75, 3.05) is 26.2 Å². The Bertz CT molecular complexity index is 657. The monoisotopic (exact) mass is 514 g/mol. The number of hydrogen-bond acceptors (Lipinski definition) is 10. The molecule has 2 N–H and O–H groups in total. The lowest BCUT2D eigenvalue weighted by Gasteiger charge is -2.51. The van der Waals surface area contributed by atoms with Gasteiger partial charge in [0.2, 0.25) is 0 Å². The molecule has 0 saturated carbocycles. The highest BCUT2D eigenvalue weighted by molar-refractivity contribution is 5.69. The molecule has 0 amide bonds. The maximum Gasteiger partial charge on any atom is 0.325 e. The van der Waals surface area contributed by atoms with Gasteiger partial charge in [-0.2, -0.15) is 10.1 Å². The van der Waals surface area contributed by atoms with E-state index in [-0.39, 0.29) is 11.9 Å². The van der Waals surface area contributed by atoms with Gasteiger partial charge in [0.1, 0.15) is 0 Å². The predicted molar refractivity (Wildman–Crippen MR) is 136 cm³/mol. The maximum absolute atomic E-state index is 12.3. The SMILES string of the molecule is CC1(C)CN(OC(=O)CCCCCCCCC(=O)ON2CC(C)(C)N(O)C(C)(C)C2)CC(C)(C)N1O. The van der Waals surface area contributed by atoms with Gasteiger partial charge in [0.25, 0.3) is 0 Å². The van der Waals surface area contributed by atoms with Gasteiger partial charge in [-0.25, -0.2) is 0 Å².